The van der Waals surface area contributed by atoms with Gasteiger partial charge in [-0.25, -0.2) is 23.7 Å². The highest BCUT2D eigenvalue weighted by Crippen LogP contribution is 2.32. The number of aromatic nitrogens is 4. The number of anilines is 1. The van der Waals surface area contributed by atoms with Crippen molar-refractivity contribution in [2.24, 2.45) is 0 Å². The number of carbonyl (C=O) groups excluding carboxylic acids is 1. The molecule has 10 heteroatoms. The number of nitrogens with zero attached hydrogens (tertiary/aromatic N) is 5. The average Bonchev–Trinajstić information content (AvgIpc) is 3.45. The number of imidazole rings is 1. The van der Waals surface area contributed by atoms with Crippen LogP contribution in [-0.2, 0) is 4.74 Å². The minimum Gasteiger partial charge on any atom is -0.398 e. The number of carbonyl (C=O) groups is 1. The molecule has 178 valence electrons. The first-order valence-corrected chi connectivity index (χ1v) is 11.4. The van der Waals surface area contributed by atoms with Crippen molar-refractivity contribution in [1.82, 2.24) is 24.4 Å². The summed E-state index contributed by atoms with van der Waals surface area (Å²) in [5.74, 6) is 0.211. The molecular formula is C24H26F2N6O2. The second-order valence-corrected chi connectivity index (χ2v) is 8.73. The molecule has 2 N–H and O–H groups in total. The van der Waals surface area contributed by atoms with E-state index in [1.165, 1.54) is 4.90 Å². The summed E-state index contributed by atoms with van der Waals surface area (Å²) in [6, 6.07) is 5.00. The molecule has 0 saturated carbocycles. The summed E-state index contributed by atoms with van der Waals surface area (Å²) >= 11 is 0. The van der Waals surface area contributed by atoms with Gasteiger partial charge in [-0.1, -0.05) is 6.07 Å². The second-order valence-electron chi connectivity index (χ2n) is 8.73. The van der Waals surface area contributed by atoms with Gasteiger partial charge in [0.05, 0.1) is 30.2 Å². The normalized spacial score (nSPS) is 19.0. The minimum absolute atomic E-state index is 0.0741. The number of likely N-dealkylation sites (tertiary alicyclic amines) is 1. The Kier molecular flexibility index (Phi) is 5.99. The fourth-order valence-electron chi connectivity index (χ4n) is 4.69. The zero-order valence-electron chi connectivity index (χ0n) is 18.9. The third-order valence-corrected chi connectivity index (χ3v) is 6.48. The van der Waals surface area contributed by atoms with Gasteiger partial charge in [0.25, 0.3) is 5.91 Å². The van der Waals surface area contributed by atoms with E-state index >= 15 is 0 Å². The smallest absolute Gasteiger partial charge is 0.256 e. The van der Waals surface area contributed by atoms with Crippen LogP contribution in [0.4, 0.5) is 14.5 Å². The maximum atomic E-state index is 14.9. The fraction of sp³-hybridized carbons (Fsp3) is 0.417. The molecule has 1 aromatic carbocycles. The van der Waals surface area contributed by atoms with Crippen LogP contribution in [0.1, 0.15) is 41.5 Å². The predicted octanol–water partition coefficient (Wildman–Crippen LogP) is 3.57. The predicted molar refractivity (Wildman–Crippen MR) is 122 cm³/mol. The molecule has 0 spiro atoms. The van der Waals surface area contributed by atoms with Crippen molar-refractivity contribution in [3.05, 3.63) is 47.8 Å². The van der Waals surface area contributed by atoms with Gasteiger partial charge in [0.1, 0.15) is 17.7 Å². The van der Waals surface area contributed by atoms with Crippen molar-refractivity contribution in [2.75, 3.05) is 32.0 Å². The first kappa shape index (κ1) is 22.4. The lowest BCUT2D eigenvalue weighted by molar-refractivity contribution is 0.0694. The number of ether oxygens (including phenoxy) is 1. The molecule has 0 bridgehead atoms. The molecule has 2 saturated heterocycles. The Morgan fingerprint density at radius 1 is 1.18 bits per heavy atom. The second kappa shape index (κ2) is 9.09. The Labute approximate surface area is 195 Å². The lowest BCUT2D eigenvalue weighted by atomic mass is 10.1. The first-order chi connectivity index (χ1) is 16.4. The zero-order valence-corrected chi connectivity index (χ0v) is 18.9. The molecule has 0 radical (unpaired) electrons. The largest absolute Gasteiger partial charge is 0.398 e. The van der Waals surface area contributed by atoms with Gasteiger partial charge in [0, 0.05) is 37.1 Å². The highest BCUT2D eigenvalue weighted by molar-refractivity contribution is 6.00. The van der Waals surface area contributed by atoms with Crippen LogP contribution in [-0.4, -0.2) is 62.8 Å². The van der Waals surface area contributed by atoms with Gasteiger partial charge in [-0.15, -0.1) is 0 Å². The van der Waals surface area contributed by atoms with Crippen LogP contribution in [0.5, 0.6) is 0 Å². The van der Waals surface area contributed by atoms with Crippen molar-refractivity contribution in [2.45, 2.75) is 38.4 Å². The quantitative estimate of drug-likeness (QED) is 0.588. The van der Waals surface area contributed by atoms with Crippen molar-refractivity contribution in [1.29, 1.82) is 0 Å². The summed E-state index contributed by atoms with van der Waals surface area (Å²) < 4.78 is 35.9. The topological polar surface area (TPSA) is 99.2 Å². The number of alkyl halides is 1. The molecule has 5 rings (SSSR count). The molecule has 2 aliphatic rings. The standard InChI is InChI=1S/C24H26F2N6O2/c1-14-28-12-21(32(14)17-5-8-34-9-6-17)22-19(26)11-29-23(30-22)15-2-3-18(20(27)10-15)24(33)31-7-4-16(25)13-31/h2-3,10-12,16-17H,4-9,13,27H2,1H3. The van der Waals surface area contributed by atoms with Crippen LogP contribution >= 0.6 is 0 Å². The summed E-state index contributed by atoms with van der Waals surface area (Å²) in [7, 11) is 0. The van der Waals surface area contributed by atoms with Crippen LogP contribution in [0.2, 0.25) is 0 Å². The SMILES string of the molecule is Cc1ncc(-c2nc(-c3ccc(C(=O)N4CCC(F)C4)c(N)c3)ncc2F)n1C1CCOCC1. The van der Waals surface area contributed by atoms with E-state index in [1.54, 1.807) is 24.4 Å². The van der Waals surface area contributed by atoms with E-state index in [9.17, 15) is 13.6 Å². The Bertz CT molecular complexity index is 1220. The summed E-state index contributed by atoms with van der Waals surface area (Å²) in [5.41, 5.74) is 7.99. The number of hydrogen-bond acceptors (Lipinski definition) is 6. The molecular weight excluding hydrogens is 442 g/mol. The van der Waals surface area contributed by atoms with Crippen LogP contribution < -0.4 is 5.73 Å². The number of aryl methyl sites for hydroxylation is 1. The van der Waals surface area contributed by atoms with Crippen molar-refractivity contribution in [3.63, 3.8) is 0 Å². The summed E-state index contributed by atoms with van der Waals surface area (Å²) in [4.78, 5) is 27.2. The van der Waals surface area contributed by atoms with E-state index in [1.807, 2.05) is 11.5 Å². The van der Waals surface area contributed by atoms with Crippen LogP contribution in [0.15, 0.2) is 30.6 Å². The number of hydrogen-bond donors (Lipinski definition) is 1. The maximum Gasteiger partial charge on any atom is 0.256 e. The van der Waals surface area contributed by atoms with E-state index in [0.29, 0.717) is 43.0 Å². The minimum atomic E-state index is -1.01. The van der Waals surface area contributed by atoms with Gasteiger partial charge in [-0.3, -0.25) is 4.79 Å². The van der Waals surface area contributed by atoms with Crippen molar-refractivity contribution in [3.8, 4) is 22.8 Å². The molecule has 8 nitrogen and oxygen atoms in total. The van der Waals surface area contributed by atoms with E-state index < -0.39 is 12.0 Å². The highest BCUT2D eigenvalue weighted by atomic mass is 19.1. The van der Waals surface area contributed by atoms with E-state index in [4.69, 9.17) is 10.5 Å². The van der Waals surface area contributed by atoms with Crippen LogP contribution in [0, 0.1) is 12.7 Å². The Balaban J connectivity index is 1.47. The molecule has 3 aromatic rings. The molecule has 2 aromatic heterocycles. The molecule has 1 unspecified atom stereocenters. The van der Waals surface area contributed by atoms with Gasteiger partial charge in [-0.2, -0.15) is 0 Å². The summed E-state index contributed by atoms with van der Waals surface area (Å²) in [6.45, 7) is 3.62. The number of benzene rings is 1. The number of nitrogens with two attached hydrogens (primary N) is 1. The van der Waals surface area contributed by atoms with Gasteiger partial charge >= 0.3 is 0 Å². The first-order valence-electron chi connectivity index (χ1n) is 11.4. The average molecular weight is 469 g/mol. The number of nitrogen functional groups attached to an aromatic ring is 1. The van der Waals surface area contributed by atoms with Gasteiger partial charge in [-0.05, 0) is 38.3 Å². The maximum absolute atomic E-state index is 14.9. The van der Waals surface area contributed by atoms with Crippen LogP contribution in [0.25, 0.3) is 22.8 Å². The molecule has 1 atom stereocenters. The fourth-order valence-corrected chi connectivity index (χ4v) is 4.69. The molecule has 4 heterocycles. The van der Waals surface area contributed by atoms with Gasteiger partial charge in [0.15, 0.2) is 11.6 Å². The van der Waals surface area contributed by atoms with Crippen molar-refractivity contribution >= 4 is 11.6 Å². The third-order valence-electron chi connectivity index (χ3n) is 6.48. The van der Waals surface area contributed by atoms with E-state index in [-0.39, 0.29) is 35.7 Å². The van der Waals surface area contributed by atoms with Gasteiger partial charge in [0.2, 0.25) is 0 Å². The van der Waals surface area contributed by atoms with Crippen LogP contribution in [0.3, 0.4) is 0 Å². The molecule has 2 aliphatic heterocycles. The lowest BCUT2D eigenvalue weighted by Crippen LogP contribution is -2.29. The molecule has 1 amide bonds. The highest BCUT2D eigenvalue weighted by Gasteiger charge is 2.28. The number of rotatable bonds is 4. The molecule has 0 aliphatic carbocycles. The summed E-state index contributed by atoms with van der Waals surface area (Å²) in [5, 5.41) is 0. The van der Waals surface area contributed by atoms with Crippen molar-refractivity contribution < 1.29 is 18.3 Å². The summed E-state index contributed by atoms with van der Waals surface area (Å²) in [6.07, 6.45) is 3.72. The third kappa shape index (κ3) is 4.13. The van der Waals surface area contributed by atoms with Gasteiger partial charge < -0.3 is 19.9 Å². The number of amides is 1. The Morgan fingerprint density at radius 2 is 1.97 bits per heavy atom. The van der Waals surface area contributed by atoms with E-state index in [2.05, 4.69) is 15.0 Å². The number of halogens is 2. The van der Waals surface area contributed by atoms with E-state index in [0.717, 1.165) is 24.9 Å². The lowest BCUT2D eigenvalue weighted by Gasteiger charge is -2.26. The monoisotopic (exact) mass is 468 g/mol. The molecule has 2 fully saturated rings. The molecule has 34 heavy (non-hydrogen) atoms. The zero-order chi connectivity index (χ0) is 23.8. The Hall–Kier alpha value is -3.40. The Morgan fingerprint density at radius 3 is 2.68 bits per heavy atom.